The number of rotatable bonds is 6. The molecule has 0 aliphatic carbocycles. The zero-order chi connectivity index (χ0) is 20.8. The summed E-state index contributed by atoms with van der Waals surface area (Å²) >= 11 is 2.07. The lowest BCUT2D eigenvalue weighted by molar-refractivity contribution is -0.107. The number of benzene rings is 3. The molecule has 0 aromatic heterocycles. The van der Waals surface area contributed by atoms with E-state index in [9.17, 15) is 14.0 Å². The molecule has 0 radical (unpaired) electrons. The number of halogens is 1. The maximum absolute atomic E-state index is 14.5. The number of thioether (sulfide) groups is 2. The Morgan fingerprint density at radius 1 is 0.690 bits per heavy atom. The Balaban J connectivity index is 1.78. The van der Waals surface area contributed by atoms with Crippen molar-refractivity contribution in [1.29, 1.82) is 0 Å². The molecule has 0 saturated carbocycles. The number of hydrogen-bond donors (Lipinski definition) is 0. The molecule has 0 aliphatic heterocycles. The van der Waals surface area contributed by atoms with Gasteiger partial charge < -0.3 is 0 Å². The van der Waals surface area contributed by atoms with Gasteiger partial charge in [0.1, 0.15) is 5.82 Å². The van der Waals surface area contributed by atoms with Crippen LogP contribution >= 0.6 is 23.5 Å². The van der Waals surface area contributed by atoms with Crippen LogP contribution in [0.15, 0.2) is 102 Å². The second kappa shape index (κ2) is 9.54. The van der Waals surface area contributed by atoms with Crippen molar-refractivity contribution in [2.24, 2.45) is 0 Å². The minimum Gasteiger partial charge on any atom is -0.282 e. The van der Waals surface area contributed by atoms with E-state index in [-0.39, 0.29) is 16.0 Å². The zero-order valence-corrected chi connectivity index (χ0v) is 17.1. The van der Waals surface area contributed by atoms with Gasteiger partial charge in [-0.15, -0.1) is 0 Å². The molecule has 3 aromatic carbocycles. The highest BCUT2D eigenvalue weighted by Gasteiger charge is 2.09. The highest BCUT2D eigenvalue weighted by molar-refractivity contribution is 8.14. The second-order valence-electron chi connectivity index (χ2n) is 5.99. The summed E-state index contributed by atoms with van der Waals surface area (Å²) in [6.07, 6.45) is 2.50. The predicted octanol–water partition coefficient (Wildman–Crippen LogP) is 6.77. The van der Waals surface area contributed by atoms with Gasteiger partial charge in [0.15, 0.2) is 0 Å². The van der Waals surface area contributed by atoms with Crippen molar-refractivity contribution < 1.29 is 14.0 Å². The van der Waals surface area contributed by atoms with E-state index in [1.165, 1.54) is 18.2 Å². The molecule has 0 heterocycles. The van der Waals surface area contributed by atoms with E-state index in [1.54, 1.807) is 12.1 Å². The average Bonchev–Trinajstić information content (AvgIpc) is 2.74. The van der Waals surface area contributed by atoms with Crippen LogP contribution in [0.25, 0.3) is 22.3 Å². The van der Waals surface area contributed by atoms with Gasteiger partial charge in [-0.05, 0) is 76.6 Å². The third-order valence-corrected chi connectivity index (χ3v) is 5.83. The zero-order valence-electron chi connectivity index (χ0n) is 15.4. The molecule has 144 valence electrons. The molecule has 0 amide bonds. The van der Waals surface area contributed by atoms with Crippen molar-refractivity contribution in [2.75, 3.05) is 0 Å². The van der Waals surface area contributed by atoms with Crippen molar-refractivity contribution >= 4 is 33.8 Å². The summed E-state index contributed by atoms with van der Waals surface area (Å²) in [6.45, 7) is 6.88. The smallest absolute Gasteiger partial charge is 0.216 e. The molecular weight excluding hydrogens is 403 g/mol. The maximum atomic E-state index is 14.5. The Morgan fingerprint density at radius 2 is 1.14 bits per heavy atom. The lowest BCUT2D eigenvalue weighted by atomic mass is 10.00. The third-order valence-electron chi connectivity index (χ3n) is 4.09. The first-order valence-electron chi connectivity index (χ1n) is 8.69. The molecule has 0 N–H and O–H groups in total. The van der Waals surface area contributed by atoms with Crippen LogP contribution in [0, 0.1) is 5.82 Å². The van der Waals surface area contributed by atoms with Gasteiger partial charge >= 0.3 is 0 Å². The summed E-state index contributed by atoms with van der Waals surface area (Å²) in [6, 6.07) is 20.0. The first-order chi connectivity index (χ1) is 14.0. The summed E-state index contributed by atoms with van der Waals surface area (Å²) in [4.78, 5) is 24.2. The molecule has 0 spiro atoms. The molecule has 0 unspecified atom stereocenters. The minimum absolute atomic E-state index is 0.0950. The van der Waals surface area contributed by atoms with Crippen LogP contribution < -0.4 is 0 Å². The van der Waals surface area contributed by atoms with Crippen molar-refractivity contribution in [3.05, 3.63) is 97.9 Å². The third kappa shape index (κ3) is 5.34. The van der Waals surface area contributed by atoms with Gasteiger partial charge in [0.05, 0.1) is 0 Å². The topological polar surface area (TPSA) is 34.1 Å². The Bertz CT molecular complexity index is 1070. The van der Waals surface area contributed by atoms with Gasteiger partial charge in [0, 0.05) is 15.4 Å². The van der Waals surface area contributed by atoms with E-state index in [0.717, 1.165) is 45.1 Å². The first-order valence-corrected chi connectivity index (χ1v) is 10.3. The largest absolute Gasteiger partial charge is 0.282 e. The van der Waals surface area contributed by atoms with Gasteiger partial charge in [0.25, 0.3) is 0 Å². The molecule has 0 aliphatic rings. The van der Waals surface area contributed by atoms with Gasteiger partial charge in [-0.3, -0.25) is 9.59 Å². The molecular formula is C24H17FO2S2. The van der Waals surface area contributed by atoms with Crippen LogP contribution in [-0.2, 0) is 9.59 Å². The Labute approximate surface area is 177 Å². The fraction of sp³-hybridized carbons (Fsp3) is 0. The van der Waals surface area contributed by atoms with E-state index in [0.29, 0.717) is 10.5 Å². The minimum atomic E-state index is -0.382. The monoisotopic (exact) mass is 420 g/mol. The van der Waals surface area contributed by atoms with Gasteiger partial charge in [-0.25, -0.2) is 4.39 Å². The van der Waals surface area contributed by atoms with Crippen molar-refractivity contribution in [3.8, 4) is 22.3 Å². The van der Waals surface area contributed by atoms with E-state index < -0.39 is 0 Å². The number of carbonyl (C=O) groups is 2. The first kappa shape index (κ1) is 20.8. The van der Waals surface area contributed by atoms with Crippen molar-refractivity contribution in [2.45, 2.75) is 9.79 Å². The SMILES string of the molecule is C=CC(=O)Sc1ccc(-c2ccc(-c3ccc(SC(=O)C=C)cc3F)cc2)cc1. The molecule has 5 heteroatoms. The van der Waals surface area contributed by atoms with Gasteiger partial charge in [0.2, 0.25) is 10.2 Å². The predicted molar refractivity (Wildman–Crippen MR) is 119 cm³/mol. The van der Waals surface area contributed by atoms with Crippen LogP contribution in [0.1, 0.15) is 0 Å². The quantitative estimate of drug-likeness (QED) is 0.326. The van der Waals surface area contributed by atoms with E-state index in [1.807, 2.05) is 48.5 Å². The second-order valence-corrected chi connectivity index (χ2v) is 8.15. The van der Waals surface area contributed by atoms with E-state index >= 15 is 0 Å². The van der Waals surface area contributed by atoms with Crippen LogP contribution in [-0.4, -0.2) is 10.2 Å². The number of hydrogen-bond acceptors (Lipinski definition) is 4. The highest BCUT2D eigenvalue weighted by atomic mass is 32.2. The lowest BCUT2D eigenvalue weighted by Crippen LogP contribution is -1.88. The Kier molecular flexibility index (Phi) is 6.86. The normalized spacial score (nSPS) is 10.4. The van der Waals surface area contributed by atoms with Gasteiger partial charge in [-0.1, -0.05) is 55.6 Å². The molecule has 0 atom stereocenters. The molecule has 0 bridgehead atoms. The molecule has 29 heavy (non-hydrogen) atoms. The van der Waals surface area contributed by atoms with Crippen molar-refractivity contribution in [1.82, 2.24) is 0 Å². The molecule has 0 fully saturated rings. The van der Waals surface area contributed by atoms with Gasteiger partial charge in [-0.2, -0.15) is 0 Å². The number of carbonyl (C=O) groups excluding carboxylic acids is 2. The average molecular weight is 421 g/mol. The van der Waals surface area contributed by atoms with E-state index in [2.05, 4.69) is 13.2 Å². The summed E-state index contributed by atoms with van der Waals surface area (Å²) in [5.41, 5.74) is 3.22. The highest BCUT2D eigenvalue weighted by Crippen LogP contribution is 2.30. The van der Waals surface area contributed by atoms with E-state index in [4.69, 9.17) is 0 Å². The molecule has 2 nitrogen and oxygen atoms in total. The summed E-state index contributed by atoms with van der Waals surface area (Å²) in [5, 5.41) is -0.317. The lowest BCUT2D eigenvalue weighted by Gasteiger charge is -2.08. The van der Waals surface area contributed by atoms with Crippen LogP contribution in [0.3, 0.4) is 0 Å². The molecule has 0 saturated heterocycles. The van der Waals surface area contributed by atoms with Crippen LogP contribution in [0.5, 0.6) is 0 Å². The Morgan fingerprint density at radius 3 is 1.66 bits per heavy atom. The fourth-order valence-electron chi connectivity index (χ4n) is 2.67. The fourth-order valence-corrected chi connectivity index (χ4v) is 3.87. The summed E-state index contributed by atoms with van der Waals surface area (Å²) < 4.78 is 14.5. The Hall–Kier alpha value is -2.89. The summed E-state index contributed by atoms with van der Waals surface area (Å²) in [5.74, 6) is -0.382. The van der Waals surface area contributed by atoms with Crippen LogP contribution in [0.4, 0.5) is 4.39 Å². The maximum Gasteiger partial charge on any atom is 0.216 e. The standard InChI is InChI=1S/C24H17FO2S2/c1-3-23(26)28-19-11-9-17(10-12-19)16-5-7-18(8-6-16)21-14-13-20(15-22(21)25)29-24(27)4-2/h3-15H,1-2H2. The molecule has 3 aromatic rings. The van der Waals surface area contributed by atoms with Crippen molar-refractivity contribution in [3.63, 3.8) is 0 Å². The van der Waals surface area contributed by atoms with Crippen LogP contribution in [0.2, 0.25) is 0 Å². The summed E-state index contributed by atoms with van der Waals surface area (Å²) in [7, 11) is 0. The molecule has 3 rings (SSSR count).